The van der Waals surface area contributed by atoms with E-state index >= 15 is 0 Å². The standard InChI is InChI=1S/C22H26N2O/c1-17-15-20-7-3-4-8-21(20)24(17)22(25)19-11-9-18(10-12-19)16-23-13-5-2-6-14-23/h3-4,7-12,17H,2,5-6,13-16H2,1H3. The zero-order chi connectivity index (χ0) is 17.2. The van der Waals surface area contributed by atoms with Gasteiger partial charge < -0.3 is 4.90 Å². The van der Waals surface area contributed by atoms with Crippen LogP contribution in [0.4, 0.5) is 5.69 Å². The average Bonchev–Trinajstić information content (AvgIpc) is 2.98. The number of para-hydroxylation sites is 1. The molecule has 3 nitrogen and oxygen atoms in total. The summed E-state index contributed by atoms with van der Waals surface area (Å²) < 4.78 is 0. The van der Waals surface area contributed by atoms with Gasteiger partial charge in [-0.05, 0) is 68.6 Å². The Morgan fingerprint density at radius 2 is 1.72 bits per heavy atom. The van der Waals surface area contributed by atoms with E-state index in [0.717, 1.165) is 24.2 Å². The monoisotopic (exact) mass is 334 g/mol. The first kappa shape index (κ1) is 16.3. The molecule has 0 spiro atoms. The molecule has 2 heterocycles. The number of rotatable bonds is 3. The zero-order valence-electron chi connectivity index (χ0n) is 14.9. The smallest absolute Gasteiger partial charge is 0.258 e. The van der Waals surface area contributed by atoms with E-state index in [1.807, 2.05) is 23.1 Å². The largest absolute Gasteiger partial charge is 0.305 e. The number of piperidine rings is 1. The number of fused-ring (bicyclic) bond motifs is 1. The Morgan fingerprint density at radius 3 is 2.48 bits per heavy atom. The third-order valence-corrected chi connectivity index (χ3v) is 5.48. The van der Waals surface area contributed by atoms with Gasteiger partial charge in [-0.1, -0.05) is 36.8 Å². The lowest BCUT2D eigenvalue weighted by Crippen LogP contribution is -2.35. The lowest BCUT2D eigenvalue weighted by molar-refractivity contribution is 0.0981. The molecule has 2 aliphatic heterocycles. The number of likely N-dealkylation sites (tertiary alicyclic amines) is 1. The van der Waals surface area contributed by atoms with Crippen LogP contribution in [0.15, 0.2) is 48.5 Å². The lowest BCUT2D eigenvalue weighted by atomic mass is 10.1. The van der Waals surface area contributed by atoms with Gasteiger partial charge in [0.2, 0.25) is 0 Å². The minimum absolute atomic E-state index is 0.113. The molecule has 0 aromatic heterocycles. The van der Waals surface area contributed by atoms with Gasteiger partial charge in [0.1, 0.15) is 0 Å². The van der Waals surface area contributed by atoms with E-state index in [1.165, 1.54) is 43.5 Å². The molecule has 2 aromatic carbocycles. The first-order valence-corrected chi connectivity index (χ1v) is 9.45. The number of amides is 1. The molecule has 2 aromatic rings. The van der Waals surface area contributed by atoms with Gasteiger partial charge in [0, 0.05) is 23.8 Å². The molecule has 0 saturated carbocycles. The summed E-state index contributed by atoms with van der Waals surface area (Å²) in [6.07, 6.45) is 4.92. The van der Waals surface area contributed by atoms with E-state index in [1.54, 1.807) is 0 Å². The van der Waals surface area contributed by atoms with Crippen molar-refractivity contribution < 1.29 is 4.79 Å². The van der Waals surface area contributed by atoms with Crippen LogP contribution in [0.1, 0.15) is 47.7 Å². The van der Waals surface area contributed by atoms with E-state index in [0.29, 0.717) is 0 Å². The Morgan fingerprint density at radius 1 is 1.00 bits per heavy atom. The molecule has 3 heteroatoms. The quantitative estimate of drug-likeness (QED) is 0.837. The minimum atomic E-state index is 0.113. The van der Waals surface area contributed by atoms with Crippen molar-refractivity contribution in [3.63, 3.8) is 0 Å². The van der Waals surface area contributed by atoms with E-state index in [2.05, 4.69) is 42.2 Å². The second kappa shape index (κ2) is 7.01. The van der Waals surface area contributed by atoms with Crippen LogP contribution in [0.25, 0.3) is 0 Å². The number of benzene rings is 2. The van der Waals surface area contributed by atoms with E-state index in [9.17, 15) is 4.79 Å². The van der Waals surface area contributed by atoms with Crippen LogP contribution < -0.4 is 4.90 Å². The van der Waals surface area contributed by atoms with E-state index in [4.69, 9.17) is 0 Å². The summed E-state index contributed by atoms with van der Waals surface area (Å²) in [7, 11) is 0. The van der Waals surface area contributed by atoms with E-state index in [-0.39, 0.29) is 11.9 Å². The molecule has 1 atom stereocenters. The molecule has 25 heavy (non-hydrogen) atoms. The van der Waals surface area contributed by atoms with Crippen molar-refractivity contribution in [3.8, 4) is 0 Å². The predicted molar refractivity (Wildman–Crippen MR) is 102 cm³/mol. The first-order chi connectivity index (χ1) is 12.2. The van der Waals surface area contributed by atoms with Crippen LogP contribution in [-0.4, -0.2) is 29.9 Å². The van der Waals surface area contributed by atoms with Crippen molar-refractivity contribution in [1.82, 2.24) is 4.90 Å². The van der Waals surface area contributed by atoms with Crippen molar-refractivity contribution in [1.29, 1.82) is 0 Å². The Bertz CT molecular complexity index is 747. The second-order valence-corrected chi connectivity index (χ2v) is 7.39. The summed E-state index contributed by atoms with van der Waals surface area (Å²) in [6, 6.07) is 16.7. The van der Waals surface area contributed by atoms with Gasteiger partial charge >= 0.3 is 0 Å². The molecule has 0 bridgehead atoms. The van der Waals surface area contributed by atoms with Crippen LogP contribution in [0.2, 0.25) is 0 Å². The van der Waals surface area contributed by atoms with Crippen molar-refractivity contribution in [2.45, 2.75) is 45.2 Å². The van der Waals surface area contributed by atoms with Crippen LogP contribution in [0.5, 0.6) is 0 Å². The van der Waals surface area contributed by atoms with Gasteiger partial charge in [-0.15, -0.1) is 0 Å². The highest BCUT2D eigenvalue weighted by Gasteiger charge is 2.31. The lowest BCUT2D eigenvalue weighted by Gasteiger charge is -2.26. The maximum Gasteiger partial charge on any atom is 0.258 e. The normalized spacial score (nSPS) is 20.5. The summed E-state index contributed by atoms with van der Waals surface area (Å²) >= 11 is 0. The SMILES string of the molecule is CC1Cc2ccccc2N1C(=O)c1ccc(CN2CCCCC2)cc1. The summed E-state index contributed by atoms with van der Waals surface area (Å²) in [5.74, 6) is 0.113. The highest BCUT2D eigenvalue weighted by molar-refractivity contribution is 6.07. The second-order valence-electron chi connectivity index (χ2n) is 7.39. The zero-order valence-corrected chi connectivity index (χ0v) is 14.9. The number of carbonyl (C=O) groups is 1. The summed E-state index contributed by atoms with van der Waals surface area (Å²) in [5.41, 5.74) is 4.42. The third-order valence-electron chi connectivity index (χ3n) is 5.48. The predicted octanol–water partition coefficient (Wildman–Crippen LogP) is 4.26. The van der Waals surface area contributed by atoms with Gasteiger partial charge in [0.05, 0.1) is 0 Å². The van der Waals surface area contributed by atoms with Gasteiger partial charge in [-0.3, -0.25) is 9.69 Å². The Balaban J connectivity index is 1.49. The molecule has 130 valence electrons. The molecule has 2 aliphatic rings. The maximum atomic E-state index is 13.0. The summed E-state index contributed by atoms with van der Waals surface area (Å²) in [4.78, 5) is 17.5. The molecule has 0 N–H and O–H groups in total. The molecule has 1 saturated heterocycles. The van der Waals surface area contributed by atoms with Crippen molar-refractivity contribution in [2.75, 3.05) is 18.0 Å². The van der Waals surface area contributed by atoms with Gasteiger partial charge in [-0.25, -0.2) is 0 Å². The molecule has 4 rings (SSSR count). The topological polar surface area (TPSA) is 23.6 Å². The minimum Gasteiger partial charge on any atom is -0.305 e. The van der Waals surface area contributed by atoms with Crippen molar-refractivity contribution in [3.05, 3.63) is 65.2 Å². The number of hydrogen-bond donors (Lipinski definition) is 0. The van der Waals surface area contributed by atoms with Gasteiger partial charge in [-0.2, -0.15) is 0 Å². The molecular weight excluding hydrogens is 308 g/mol. The Hall–Kier alpha value is -2.13. The molecule has 1 amide bonds. The maximum absolute atomic E-state index is 13.0. The Kier molecular flexibility index (Phi) is 4.58. The number of nitrogens with zero attached hydrogens (tertiary/aromatic N) is 2. The molecular formula is C22H26N2O. The van der Waals surface area contributed by atoms with Gasteiger partial charge in [0.25, 0.3) is 5.91 Å². The molecule has 1 unspecified atom stereocenters. The van der Waals surface area contributed by atoms with Crippen LogP contribution in [-0.2, 0) is 13.0 Å². The summed E-state index contributed by atoms with van der Waals surface area (Å²) in [6.45, 7) is 5.52. The fraction of sp³-hybridized carbons (Fsp3) is 0.409. The van der Waals surface area contributed by atoms with Crippen molar-refractivity contribution >= 4 is 11.6 Å². The highest BCUT2D eigenvalue weighted by Crippen LogP contribution is 2.33. The highest BCUT2D eigenvalue weighted by atomic mass is 16.2. The Labute approximate surface area is 150 Å². The average molecular weight is 334 g/mol. The fourth-order valence-corrected chi connectivity index (χ4v) is 4.14. The fourth-order valence-electron chi connectivity index (χ4n) is 4.14. The van der Waals surface area contributed by atoms with E-state index < -0.39 is 0 Å². The number of anilines is 1. The van der Waals surface area contributed by atoms with Crippen LogP contribution in [0, 0.1) is 0 Å². The summed E-state index contributed by atoms with van der Waals surface area (Å²) in [5, 5.41) is 0. The van der Waals surface area contributed by atoms with Crippen LogP contribution >= 0.6 is 0 Å². The molecule has 0 aliphatic carbocycles. The van der Waals surface area contributed by atoms with Crippen molar-refractivity contribution in [2.24, 2.45) is 0 Å². The molecule has 1 fully saturated rings. The first-order valence-electron chi connectivity index (χ1n) is 9.45. The van der Waals surface area contributed by atoms with Gasteiger partial charge in [0.15, 0.2) is 0 Å². The number of hydrogen-bond acceptors (Lipinski definition) is 2. The third kappa shape index (κ3) is 3.34. The van der Waals surface area contributed by atoms with Crippen LogP contribution in [0.3, 0.4) is 0 Å². The molecule has 0 radical (unpaired) electrons. The number of carbonyl (C=O) groups excluding carboxylic acids is 1.